The van der Waals surface area contributed by atoms with Gasteiger partial charge in [-0.25, -0.2) is 14.6 Å². The van der Waals surface area contributed by atoms with Gasteiger partial charge in [-0.1, -0.05) is 0 Å². The van der Waals surface area contributed by atoms with E-state index < -0.39 is 0 Å². The summed E-state index contributed by atoms with van der Waals surface area (Å²) < 4.78 is 9.52. The van der Waals surface area contributed by atoms with Crippen molar-refractivity contribution in [3.63, 3.8) is 0 Å². The molecule has 0 spiro atoms. The van der Waals surface area contributed by atoms with Crippen LogP contribution in [-0.2, 0) is 11.3 Å². The highest BCUT2D eigenvalue weighted by Gasteiger charge is 2.24. The minimum absolute atomic E-state index is 0.167. The second kappa shape index (κ2) is 10.8. The quantitative estimate of drug-likeness (QED) is 0.383. The standard InChI is InChI=1S/C27H31N9O2/c1-33-9-6-23(7-10-33)35-17-22(16-31-35)21-14-29-27(30-15-21)34-11-12-38-24(18-34)19-36-26(37)5-4-25(32-36)20-3-2-8-28-13-20/h2-5,8,13-17,23-24H,6-7,9-12,18-19H2,1H3/t24-/m0/s1. The van der Waals surface area contributed by atoms with Crippen LogP contribution in [0.4, 0.5) is 5.95 Å². The lowest BCUT2D eigenvalue weighted by Gasteiger charge is -2.33. The van der Waals surface area contributed by atoms with Crippen molar-refractivity contribution in [2.24, 2.45) is 0 Å². The van der Waals surface area contributed by atoms with Gasteiger partial charge in [-0.3, -0.25) is 14.5 Å². The van der Waals surface area contributed by atoms with E-state index in [0.717, 1.165) is 42.6 Å². The van der Waals surface area contributed by atoms with Gasteiger partial charge in [0.1, 0.15) is 0 Å². The molecule has 0 N–H and O–H groups in total. The Morgan fingerprint density at radius 1 is 0.974 bits per heavy atom. The van der Waals surface area contributed by atoms with E-state index in [9.17, 15) is 4.79 Å². The van der Waals surface area contributed by atoms with E-state index in [-0.39, 0.29) is 11.7 Å². The molecule has 2 fully saturated rings. The highest BCUT2D eigenvalue weighted by Crippen LogP contribution is 2.25. The lowest BCUT2D eigenvalue weighted by Crippen LogP contribution is -2.46. The Labute approximate surface area is 220 Å². The van der Waals surface area contributed by atoms with Crippen molar-refractivity contribution in [3.05, 3.63) is 71.8 Å². The summed E-state index contributed by atoms with van der Waals surface area (Å²) in [6.45, 7) is 4.31. The van der Waals surface area contributed by atoms with Crippen molar-refractivity contribution < 1.29 is 4.74 Å². The Kier molecular flexibility index (Phi) is 6.93. The molecule has 0 unspecified atom stereocenters. The Hall–Kier alpha value is -3.96. The van der Waals surface area contributed by atoms with Crippen LogP contribution in [0.5, 0.6) is 0 Å². The number of nitrogens with zero attached hydrogens (tertiary/aromatic N) is 9. The van der Waals surface area contributed by atoms with E-state index in [1.165, 1.54) is 10.7 Å². The minimum Gasteiger partial charge on any atom is -0.373 e. The van der Waals surface area contributed by atoms with Crippen LogP contribution in [0, 0.1) is 0 Å². The molecule has 1 atom stereocenters. The van der Waals surface area contributed by atoms with Crippen molar-refractivity contribution in [2.75, 3.05) is 44.7 Å². The summed E-state index contributed by atoms with van der Waals surface area (Å²) >= 11 is 0. The number of aromatic nitrogens is 7. The molecule has 4 aromatic heterocycles. The maximum Gasteiger partial charge on any atom is 0.266 e. The topological polar surface area (TPSA) is 107 Å². The van der Waals surface area contributed by atoms with Crippen LogP contribution >= 0.6 is 0 Å². The van der Waals surface area contributed by atoms with Crippen LogP contribution in [0.1, 0.15) is 18.9 Å². The maximum atomic E-state index is 12.5. The number of hydrogen-bond donors (Lipinski definition) is 0. The zero-order valence-electron chi connectivity index (χ0n) is 21.4. The third-order valence-electron chi connectivity index (χ3n) is 7.26. The van der Waals surface area contributed by atoms with Gasteiger partial charge in [0, 0.05) is 66.8 Å². The fraction of sp³-hybridized carbons (Fsp3) is 0.407. The molecule has 196 valence electrons. The first kappa shape index (κ1) is 24.4. The number of hydrogen-bond acceptors (Lipinski definition) is 9. The second-order valence-electron chi connectivity index (χ2n) is 9.93. The number of pyridine rings is 1. The van der Waals surface area contributed by atoms with Gasteiger partial charge in [-0.2, -0.15) is 10.2 Å². The molecule has 2 aliphatic heterocycles. The third-order valence-corrected chi connectivity index (χ3v) is 7.26. The summed E-state index contributed by atoms with van der Waals surface area (Å²) in [6, 6.07) is 7.46. The van der Waals surface area contributed by atoms with Crippen LogP contribution in [0.25, 0.3) is 22.4 Å². The predicted molar refractivity (Wildman–Crippen MR) is 143 cm³/mol. The van der Waals surface area contributed by atoms with Gasteiger partial charge in [-0.05, 0) is 51.2 Å². The zero-order valence-corrected chi connectivity index (χ0v) is 21.4. The van der Waals surface area contributed by atoms with Crippen LogP contribution in [-0.4, -0.2) is 85.4 Å². The van der Waals surface area contributed by atoms with Crippen molar-refractivity contribution in [1.29, 1.82) is 0 Å². The Morgan fingerprint density at radius 2 is 1.82 bits per heavy atom. The molecular weight excluding hydrogens is 482 g/mol. The zero-order chi connectivity index (χ0) is 25.9. The van der Waals surface area contributed by atoms with Gasteiger partial charge in [0.05, 0.1) is 37.2 Å². The summed E-state index contributed by atoms with van der Waals surface area (Å²) in [6.07, 6.45) is 13.2. The highest BCUT2D eigenvalue weighted by atomic mass is 16.5. The smallest absolute Gasteiger partial charge is 0.266 e. The normalized spacial score (nSPS) is 19.1. The van der Waals surface area contributed by atoms with Gasteiger partial charge in [-0.15, -0.1) is 0 Å². The first-order valence-electron chi connectivity index (χ1n) is 13.0. The van der Waals surface area contributed by atoms with Crippen molar-refractivity contribution in [3.8, 4) is 22.4 Å². The molecule has 0 amide bonds. The number of anilines is 1. The average molecular weight is 514 g/mol. The van der Waals surface area contributed by atoms with Gasteiger partial charge in [0.2, 0.25) is 5.95 Å². The Morgan fingerprint density at radius 3 is 2.61 bits per heavy atom. The number of ether oxygens (including phenoxy) is 1. The highest BCUT2D eigenvalue weighted by molar-refractivity contribution is 5.60. The monoisotopic (exact) mass is 513 g/mol. The van der Waals surface area contributed by atoms with Crippen molar-refractivity contribution in [2.45, 2.75) is 31.5 Å². The van der Waals surface area contributed by atoms with Crippen LogP contribution in [0.3, 0.4) is 0 Å². The fourth-order valence-corrected chi connectivity index (χ4v) is 5.03. The summed E-state index contributed by atoms with van der Waals surface area (Å²) in [7, 11) is 2.17. The third kappa shape index (κ3) is 5.34. The fourth-order valence-electron chi connectivity index (χ4n) is 5.03. The molecule has 2 aliphatic rings. The molecule has 38 heavy (non-hydrogen) atoms. The second-order valence-corrected chi connectivity index (χ2v) is 9.93. The molecule has 2 saturated heterocycles. The summed E-state index contributed by atoms with van der Waals surface area (Å²) in [5.74, 6) is 0.647. The van der Waals surface area contributed by atoms with Crippen molar-refractivity contribution in [1.82, 2.24) is 39.4 Å². The molecule has 11 heteroatoms. The maximum absolute atomic E-state index is 12.5. The lowest BCUT2D eigenvalue weighted by atomic mass is 10.1. The molecule has 0 saturated carbocycles. The molecule has 0 aromatic carbocycles. The predicted octanol–water partition coefficient (Wildman–Crippen LogP) is 2.13. The number of rotatable bonds is 6. The Balaban J connectivity index is 1.11. The average Bonchev–Trinajstić information content (AvgIpc) is 3.46. The van der Waals surface area contributed by atoms with Crippen molar-refractivity contribution >= 4 is 5.95 Å². The van der Waals surface area contributed by atoms with E-state index in [1.807, 2.05) is 30.7 Å². The van der Waals surface area contributed by atoms with Crippen LogP contribution < -0.4 is 10.5 Å². The molecule has 0 bridgehead atoms. The van der Waals surface area contributed by atoms with E-state index in [4.69, 9.17) is 4.74 Å². The first-order chi connectivity index (χ1) is 18.6. The summed E-state index contributed by atoms with van der Waals surface area (Å²) in [4.78, 5) is 30.4. The number of morpholine rings is 1. The van der Waals surface area contributed by atoms with Crippen LogP contribution in [0.2, 0.25) is 0 Å². The van der Waals surface area contributed by atoms with E-state index in [2.05, 4.69) is 52.9 Å². The van der Waals surface area contributed by atoms with Gasteiger partial charge in [0.15, 0.2) is 0 Å². The van der Waals surface area contributed by atoms with E-state index in [1.54, 1.807) is 18.5 Å². The first-order valence-corrected chi connectivity index (χ1v) is 13.0. The number of likely N-dealkylation sites (tertiary alicyclic amines) is 1. The molecule has 0 radical (unpaired) electrons. The molecule has 0 aliphatic carbocycles. The molecule has 6 rings (SSSR count). The summed E-state index contributed by atoms with van der Waals surface area (Å²) in [5.41, 5.74) is 3.36. The van der Waals surface area contributed by atoms with Gasteiger partial charge in [0.25, 0.3) is 5.56 Å². The number of piperidine rings is 1. The molecule has 4 aromatic rings. The van der Waals surface area contributed by atoms with Gasteiger partial charge < -0.3 is 14.5 Å². The summed E-state index contributed by atoms with van der Waals surface area (Å²) in [5, 5.41) is 9.16. The van der Waals surface area contributed by atoms with Crippen LogP contribution in [0.15, 0.2) is 66.2 Å². The SMILES string of the molecule is CN1CCC(n2cc(-c3cnc(N4CCO[C@H](Cn5nc(-c6cccnc6)ccc5=O)C4)nc3)cn2)CC1. The molecule has 11 nitrogen and oxygen atoms in total. The van der Waals surface area contributed by atoms with E-state index in [0.29, 0.717) is 43.9 Å². The van der Waals surface area contributed by atoms with Gasteiger partial charge >= 0.3 is 0 Å². The minimum atomic E-state index is -0.214. The lowest BCUT2D eigenvalue weighted by molar-refractivity contribution is 0.0260. The molecule has 6 heterocycles. The Bertz CT molecular complexity index is 1410. The molecular formula is C27H31N9O2. The van der Waals surface area contributed by atoms with E-state index >= 15 is 0 Å². The largest absolute Gasteiger partial charge is 0.373 e.